The molecule has 18 heavy (non-hydrogen) atoms. The fraction of sp³-hybridized carbons (Fsp3) is 0.333. The van der Waals surface area contributed by atoms with E-state index in [1.807, 2.05) is 0 Å². The number of hydrogen-bond donors (Lipinski definition) is 3. The highest BCUT2D eigenvalue weighted by Gasteiger charge is 2.06. The lowest BCUT2D eigenvalue weighted by Crippen LogP contribution is -2.34. The van der Waals surface area contributed by atoms with Crippen LogP contribution in [0.5, 0.6) is 5.75 Å². The smallest absolute Gasteiger partial charge is 0.325 e. The zero-order chi connectivity index (χ0) is 13.4. The molecule has 0 aliphatic rings. The number of para-hydroxylation sites is 2. The van der Waals surface area contributed by atoms with Crippen molar-refractivity contribution in [3.8, 4) is 5.75 Å². The van der Waals surface area contributed by atoms with Crippen molar-refractivity contribution in [2.75, 3.05) is 25.0 Å². The molecule has 0 saturated heterocycles. The highest BCUT2D eigenvalue weighted by Crippen LogP contribution is 2.20. The quantitative estimate of drug-likeness (QED) is 0.506. The average Bonchev–Trinajstić information content (AvgIpc) is 2.36. The van der Waals surface area contributed by atoms with Crippen LogP contribution in [0.15, 0.2) is 24.3 Å². The van der Waals surface area contributed by atoms with E-state index in [-0.39, 0.29) is 31.4 Å². The highest BCUT2D eigenvalue weighted by atomic mass is 16.5. The van der Waals surface area contributed by atoms with Gasteiger partial charge in [-0.05, 0) is 19.1 Å². The van der Waals surface area contributed by atoms with Gasteiger partial charge >= 0.3 is 5.97 Å². The van der Waals surface area contributed by atoms with Crippen LogP contribution >= 0.6 is 0 Å². The molecule has 1 amide bonds. The summed E-state index contributed by atoms with van der Waals surface area (Å²) in [6, 6.07) is 6.58. The first-order valence-corrected chi connectivity index (χ1v) is 5.57. The minimum atomic E-state index is -0.478. The Morgan fingerprint density at radius 1 is 1.28 bits per heavy atom. The number of ether oxygens (including phenoxy) is 1. The second kappa shape index (κ2) is 7.16. The standard InChI is InChI=1S/C12H16N2O4/c1-2-18-12(17)8-14-11(16)7-13-9-5-3-4-6-10(9)15/h3-6,13,15H,2,7-8H2,1H3,(H,14,16). The van der Waals surface area contributed by atoms with Gasteiger partial charge in [0.15, 0.2) is 0 Å². The lowest BCUT2D eigenvalue weighted by Gasteiger charge is -2.08. The molecule has 0 radical (unpaired) electrons. The molecule has 0 heterocycles. The first kappa shape index (κ1) is 13.8. The zero-order valence-corrected chi connectivity index (χ0v) is 10.1. The van der Waals surface area contributed by atoms with E-state index in [4.69, 9.17) is 0 Å². The van der Waals surface area contributed by atoms with Crippen molar-refractivity contribution in [3.05, 3.63) is 24.3 Å². The molecule has 0 fully saturated rings. The first-order chi connectivity index (χ1) is 8.63. The molecule has 6 heteroatoms. The minimum Gasteiger partial charge on any atom is -0.506 e. The number of aromatic hydroxyl groups is 1. The SMILES string of the molecule is CCOC(=O)CNC(=O)CNc1ccccc1O. The molecule has 1 aromatic carbocycles. The Labute approximate surface area is 105 Å². The van der Waals surface area contributed by atoms with Gasteiger partial charge < -0.3 is 20.5 Å². The molecule has 0 spiro atoms. The fourth-order valence-corrected chi connectivity index (χ4v) is 1.24. The van der Waals surface area contributed by atoms with Crippen LogP contribution in [0.4, 0.5) is 5.69 Å². The number of hydrogen-bond acceptors (Lipinski definition) is 5. The molecule has 0 aliphatic carbocycles. The van der Waals surface area contributed by atoms with Crippen LogP contribution in [0.1, 0.15) is 6.92 Å². The second-order valence-electron chi connectivity index (χ2n) is 3.45. The van der Waals surface area contributed by atoms with Crippen molar-refractivity contribution in [3.63, 3.8) is 0 Å². The van der Waals surface area contributed by atoms with Crippen LogP contribution in [-0.2, 0) is 14.3 Å². The monoisotopic (exact) mass is 252 g/mol. The molecule has 98 valence electrons. The van der Waals surface area contributed by atoms with Gasteiger partial charge in [-0.25, -0.2) is 0 Å². The van der Waals surface area contributed by atoms with Crippen molar-refractivity contribution < 1.29 is 19.4 Å². The molecule has 1 rings (SSSR count). The topological polar surface area (TPSA) is 87.7 Å². The summed E-state index contributed by atoms with van der Waals surface area (Å²) in [5, 5.41) is 14.6. The van der Waals surface area contributed by atoms with E-state index in [0.717, 1.165) is 0 Å². The number of amides is 1. The van der Waals surface area contributed by atoms with Crippen LogP contribution in [0.2, 0.25) is 0 Å². The molecule has 0 saturated carbocycles. The van der Waals surface area contributed by atoms with Crippen molar-refractivity contribution in [2.45, 2.75) is 6.92 Å². The van der Waals surface area contributed by atoms with Crippen LogP contribution in [0.25, 0.3) is 0 Å². The third kappa shape index (κ3) is 4.73. The van der Waals surface area contributed by atoms with E-state index < -0.39 is 5.97 Å². The molecule has 0 aliphatic heterocycles. The number of carbonyl (C=O) groups excluding carboxylic acids is 2. The van der Waals surface area contributed by atoms with Crippen LogP contribution in [-0.4, -0.2) is 36.7 Å². The molecule has 3 N–H and O–H groups in total. The minimum absolute atomic E-state index is 0.0308. The molecule has 0 aromatic heterocycles. The fourth-order valence-electron chi connectivity index (χ4n) is 1.24. The predicted molar refractivity (Wildman–Crippen MR) is 66.2 cm³/mol. The molecule has 1 aromatic rings. The molecular weight excluding hydrogens is 236 g/mol. The van der Waals surface area contributed by atoms with Gasteiger partial charge in [-0.15, -0.1) is 0 Å². The summed E-state index contributed by atoms with van der Waals surface area (Å²) in [4.78, 5) is 22.4. The van der Waals surface area contributed by atoms with Crippen molar-refractivity contribution in [2.24, 2.45) is 0 Å². The zero-order valence-electron chi connectivity index (χ0n) is 10.1. The highest BCUT2D eigenvalue weighted by molar-refractivity contribution is 5.85. The van der Waals surface area contributed by atoms with Gasteiger partial charge in [0.1, 0.15) is 12.3 Å². The maximum Gasteiger partial charge on any atom is 0.325 e. The van der Waals surface area contributed by atoms with E-state index in [1.54, 1.807) is 25.1 Å². The van der Waals surface area contributed by atoms with Gasteiger partial charge in [0.2, 0.25) is 5.91 Å². The lowest BCUT2D eigenvalue weighted by atomic mass is 10.3. The number of carbonyl (C=O) groups is 2. The van der Waals surface area contributed by atoms with Gasteiger partial charge in [0, 0.05) is 0 Å². The van der Waals surface area contributed by atoms with Crippen LogP contribution < -0.4 is 10.6 Å². The van der Waals surface area contributed by atoms with E-state index in [9.17, 15) is 14.7 Å². The van der Waals surface area contributed by atoms with Gasteiger partial charge in [-0.1, -0.05) is 12.1 Å². The maximum absolute atomic E-state index is 11.4. The molecule has 0 bridgehead atoms. The Bertz CT molecular complexity index is 420. The number of anilines is 1. The number of nitrogens with one attached hydrogen (secondary N) is 2. The number of esters is 1. The molecular formula is C12H16N2O4. The Kier molecular flexibility index (Phi) is 5.50. The maximum atomic E-state index is 11.4. The van der Waals surface area contributed by atoms with Gasteiger partial charge in [0.05, 0.1) is 18.8 Å². The van der Waals surface area contributed by atoms with Gasteiger partial charge in [-0.3, -0.25) is 9.59 Å². The summed E-state index contributed by atoms with van der Waals surface area (Å²) in [5.41, 5.74) is 0.462. The molecule has 0 unspecified atom stereocenters. The largest absolute Gasteiger partial charge is 0.506 e. The predicted octanol–water partition coefficient (Wildman–Crippen LogP) is 0.483. The van der Waals surface area contributed by atoms with E-state index in [0.29, 0.717) is 5.69 Å². The third-order valence-electron chi connectivity index (χ3n) is 2.08. The Balaban J connectivity index is 2.29. The summed E-state index contributed by atoms with van der Waals surface area (Å²) >= 11 is 0. The summed E-state index contributed by atoms with van der Waals surface area (Å²) in [6.45, 7) is 1.79. The number of phenols is 1. The number of phenolic OH excluding ortho intramolecular Hbond substituents is 1. The molecule has 6 nitrogen and oxygen atoms in total. The number of rotatable bonds is 6. The van der Waals surface area contributed by atoms with Crippen LogP contribution in [0, 0.1) is 0 Å². The summed E-state index contributed by atoms with van der Waals surface area (Å²) < 4.78 is 4.66. The third-order valence-corrected chi connectivity index (χ3v) is 2.08. The second-order valence-corrected chi connectivity index (χ2v) is 3.45. The van der Waals surface area contributed by atoms with E-state index >= 15 is 0 Å². The van der Waals surface area contributed by atoms with Crippen LogP contribution in [0.3, 0.4) is 0 Å². The average molecular weight is 252 g/mol. The van der Waals surface area contributed by atoms with Crippen molar-refractivity contribution in [1.82, 2.24) is 5.32 Å². The summed E-state index contributed by atoms with van der Waals surface area (Å²) in [6.07, 6.45) is 0. The summed E-state index contributed by atoms with van der Waals surface area (Å²) in [7, 11) is 0. The number of benzene rings is 1. The summed E-state index contributed by atoms with van der Waals surface area (Å²) in [5.74, 6) is -0.768. The first-order valence-electron chi connectivity index (χ1n) is 5.57. The lowest BCUT2D eigenvalue weighted by molar-refractivity contribution is -0.143. The Morgan fingerprint density at radius 2 is 2.00 bits per heavy atom. The van der Waals surface area contributed by atoms with Gasteiger partial charge in [-0.2, -0.15) is 0 Å². The van der Waals surface area contributed by atoms with E-state index in [2.05, 4.69) is 15.4 Å². The Hall–Kier alpha value is -2.24. The van der Waals surface area contributed by atoms with Crippen molar-refractivity contribution in [1.29, 1.82) is 0 Å². The van der Waals surface area contributed by atoms with Gasteiger partial charge in [0.25, 0.3) is 0 Å². The van der Waals surface area contributed by atoms with Crippen molar-refractivity contribution >= 4 is 17.6 Å². The Morgan fingerprint density at radius 3 is 2.67 bits per heavy atom. The van der Waals surface area contributed by atoms with E-state index in [1.165, 1.54) is 6.07 Å². The molecule has 0 atom stereocenters. The normalized spacial score (nSPS) is 9.61.